The van der Waals surface area contributed by atoms with Gasteiger partial charge >= 0.3 is 0 Å². The van der Waals surface area contributed by atoms with Gasteiger partial charge in [0.05, 0.1) is 12.7 Å². The van der Waals surface area contributed by atoms with Gasteiger partial charge in [0.15, 0.2) is 0 Å². The Balaban J connectivity index is 2.06. The van der Waals surface area contributed by atoms with Gasteiger partial charge in [0.1, 0.15) is 0 Å². The van der Waals surface area contributed by atoms with Crippen molar-refractivity contribution in [1.82, 2.24) is 0 Å². The summed E-state index contributed by atoms with van der Waals surface area (Å²) in [5, 5.41) is 9.77. The molecule has 1 N–H and O–H groups in total. The van der Waals surface area contributed by atoms with Gasteiger partial charge in [-0.2, -0.15) is 0 Å². The zero-order chi connectivity index (χ0) is 7.84. The molecule has 1 saturated carbocycles. The van der Waals surface area contributed by atoms with E-state index >= 15 is 0 Å². The van der Waals surface area contributed by atoms with Crippen molar-refractivity contribution in [3.05, 3.63) is 0 Å². The van der Waals surface area contributed by atoms with Crippen LogP contribution >= 0.6 is 0 Å². The van der Waals surface area contributed by atoms with Crippen molar-refractivity contribution in [3.63, 3.8) is 0 Å². The smallest absolute Gasteiger partial charge is 0.0619 e. The van der Waals surface area contributed by atoms with E-state index in [2.05, 4.69) is 6.92 Å². The number of ether oxygens (including phenoxy) is 1. The monoisotopic (exact) mass is 156 g/mol. The van der Waals surface area contributed by atoms with E-state index in [1.165, 1.54) is 12.8 Å². The summed E-state index contributed by atoms with van der Waals surface area (Å²) in [6, 6.07) is 0. The summed E-state index contributed by atoms with van der Waals surface area (Å²) in [7, 11) is 0. The molecule has 2 heteroatoms. The van der Waals surface area contributed by atoms with Crippen LogP contribution in [0.4, 0.5) is 0 Å². The number of aliphatic hydroxyl groups is 1. The first-order valence-electron chi connectivity index (χ1n) is 4.55. The topological polar surface area (TPSA) is 29.5 Å². The highest BCUT2D eigenvalue weighted by molar-refractivity contribution is 4.88. The maximum Gasteiger partial charge on any atom is 0.0619 e. The van der Waals surface area contributed by atoms with Gasteiger partial charge in [-0.3, -0.25) is 0 Å². The molecule has 1 saturated heterocycles. The lowest BCUT2D eigenvalue weighted by molar-refractivity contribution is 0.00919. The molecule has 4 unspecified atom stereocenters. The summed E-state index contributed by atoms with van der Waals surface area (Å²) in [4.78, 5) is 0. The Bertz CT molecular complexity index is 146. The maximum atomic E-state index is 9.77. The second-order valence-corrected chi connectivity index (χ2v) is 4.01. The molecule has 2 aliphatic rings. The predicted octanol–water partition coefficient (Wildman–Crippen LogP) is 1.04. The number of hydrogen-bond donors (Lipinski definition) is 1. The number of fused-ring (bicyclic) bond motifs is 1. The Morgan fingerprint density at radius 1 is 1.27 bits per heavy atom. The predicted molar refractivity (Wildman–Crippen MR) is 42.2 cm³/mol. The quantitative estimate of drug-likeness (QED) is 0.568. The zero-order valence-electron chi connectivity index (χ0n) is 6.99. The summed E-state index contributed by atoms with van der Waals surface area (Å²) >= 11 is 0. The molecule has 2 fully saturated rings. The Morgan fingerprint density at radius 2 is 2.09 bits per heavy atom. The van der Waals surface area contributed by atoms with E-state index in [4.69, 9.17) is 4.74 Å². The molecule has 11 heavy (non-hydrogen) atoms. The van der Waals surface area contributed by atoms with E-state index in [-0.39, 0.29) is 6.10 Å². The molecule has 0 amide bonds. The van der Waals surface area contributed by atoms with Crippen LogP contribution in [-0.4, -0.2) is 24.4 Å². The lowest BCUT2D eigenvalue weighted by Crippen LogP contribution is -2.37. The van der Waals surface area contributed by atoms with Crippen molar-refractivity contribution in [2.24, 2.45) is 17.8 Å². The minimum Gasteiger partial charge on any atom is -0.392 e. The summed E-state index contributed by atoms with van der Waals surface area (Å²) in [5.41, 5.74) is 0. The Labute approximate surface area is 67.6 Å². The maximum absolute atomic E-state index is 9.77. The minimum atomic E-state index is -0.101. The van der Waals surface area contributed by atoms with Crippen molar-refractivity contribution >= 4 is 0 Å². The standard InChI is InChI=1S/C9H16O2/c1-6-2-3-7-4-11-5-8(7)9(6)10/h6-10H,2-5H2,1H3. The van der Waals surface area contributed by atoms with Gasteiger partial charge in [-0.15, -0.1) is 0 Å². The van der Waals surface area contributed by atoms with Crippen molar-refractivity contribution < 1.29 is 9.84 Å². The summed E-state index contributed by atoms with van der Waals surface area (Å²) < 4.78 is 5.35. The van der Waals surface area contributed by atoms with E-state index in [0.717, 1.165) is 13.2 Å². The van der Waals surface area contributed by atoms with Crippen LogP contribution in [0.3, 0.4) is 0 Å². The first-order chi connectivity index (χ1) is 5.29. The lowest BCUT2D eigenvalue weighted by atomic mass is 9.74. The van der Waals surface area contributed by atoms with Gasteiger partial charge in [0.25, 0.3) is 0 Å². The van der Waals surface area contributed by atoms with Crippen LogP contribution in [0.5, 0.6) is 0 Å². The van der Waals surface area contributed by atoms with Crippen LogP contribution in [0, 0.1) is 17.8 Å². The van der Waals surface area contributed by atoms with Gasteiger partial charge in [-0.25, -0.2) is 0 Å². The van der Waals surface area contributed by atoms with Gasteiger partial charge in [0, 0.05) is 12.5 Å². The third-order valence-corrected chi connectivity index (χ3v) is 3.26. The van der Waals surface area contributed by atoms with Crippen LogP contribution in [-0.2, 0) is 4.74 Å². The van der Waals surface area contributed by atoms with E-state index < -0.39 is 0 Å². The third kappa shape index (κ3) is 1.18. The first kappa shape index (κ1) is 7.56. The van der Waals surface area contributed by atoms with E-state index in [1.807, 2.05) is 0 Å². The van der Waals surface area contributed by atoms with Gasteiger partial charge in [-0.1, -0.05) is 6.92 Å². The highest BCUT2D eigenvalue weighted by atomic mass is 16.5. The second kappa shape index (κ2) is 2.76. The molecule has 2 rings (SSSR count). The Morgan fingerprint density at radius 3 is 2.91 bits per heavy atom. The largest absolute Gasteiger partial charge is 0.392 e. The van der Waals surface area contributed by atoms with Crippen LogP contribution in [0.25, 0.3) is 0 Å². The molecule has 0 aromatic heterocycles. The molecular formula is C9H16O2. The fourth-order valence-electron chi connectivity index (χ4n) is 2.36. The molecule has 0 radical (unpaired) electrons. The van der Waals surface area contributed by atoms with Gasteiger partial charge in [-0.05, 0) is 24.7 Å². The van der Waals surface area contributed by atoms with Gasteiger partial charge < -0.3 is 9.84 Å². The fraction of sp³-hybridized carbons (Fsp3) is 1.00. The average Bonchev–Trinajstić information content (AvgIpc) is 2.45. The molecule has 2 nitrogen and oxygen atoms in total. The van der Waals surface area contributed by atoms with Crippen molar-refractivity contribution in [2.45, 2.75) is 25.9 Å². The number of rotatable bonds is 0. The minimum absolute atomic E-state index is 0.101. The molecule has 1 aliphatic heterocycles. The first-order valence-corrected chi connectivity index (χ1v) is 4.55. The van der Waals surface area contributed by atoms with Crippen molar-refractivity contribution in [2.75, 3.05) is 13.2 Å². The SMILES string of the molecule is CC1CCC2COCC2C1O. The number of hydrogen-bond acceptors (Lipinski definition) is 2. The van der Waals surface area contributed by atoms with E-state index in [1.54, 1.807) is 0 Å². The summed E-state index contributed by atoms with van der Waals surface area (Å²) in [6.45, 7) is 3.81. The molecule has 1 heterocycles. The third-order valence-electron chi connectivity index (χ3n) is 3.26. The van der Waals surface area contributed by atoms with Crippen LogP contribution < -0.4 is 0 Å². The highest BCUT2D eigenvalue weighted by Crippen LogP contribution is 2.37. The molecule has 0 aromatic carbocycles. The van der Waals surface area contributed by atoms with Crippen LogP contribution in [0.2, 0.25) is 0 Å². The lowest BCUT2D eigenvalue weighted by Gasteiger charge is -2.33. The zero-order valence-corrected chi connectivity index (χ0v) is 6.99. The van der Waals surface area contributed by atoms with Crippen molar-refractivity contribution in [3.8, 4) is 0 Å². The second-order valence-electron chi connectivity index (χ2n) is 4.01. The molecule has 1 aliphatic carbocycles. The Hall–Kier alpha value is -0.0800. The summed E-state index contributed by atoms with van der Waals surface area (Å²) in [6.07, 6.45) is 2.32. The molecule has 0 aromatic rings. The van der Waals surface area contributed by atoms with E-state index in [9.17, 15) is 5.11 Å². The van der Waals surface area contributed by atoms with Crippen LogP contribution in [0.1, 0.15) is 19.8 Å². The molecule has 64 valence electrons. The normalized spacial score (nSPS) is 50.7. The summed E-state index contributed by atoms with van der Waals surface area (Å²) in [5.74, 6) is 1.58. The van der Waals surface area contributed by atoms with E-state index in [0.29, 0.717) is 17.8 Å². The molecule has 0 spiro atoms. The van der Waals surface area contributed by atoms with Crippen LogP contribution in [0.15, 0.2) is 0 Å². The molecular weight excluding hydrogens is 140 g/mol. The number of aliphatic hydroxyl groups excluding tert-OH is 1. The average molecular weight is 156 g/mol. The van der Waals surface area contributed by atoms with Gasteiger partial charge in [0.2, 0.25) is 0 Å². The fourth-order valence-corrected chi connectivity index (χ4v) is 2.36. The molecule has 4 atom stereocenters. The Kier molecular flexibility index (Phi) is 1.90. The van der Waals surface area contributed by atoms with Crippen molar-refractivity contribution in [1.29, 1.82) is 0 Å². The molecule has 0 bridgehead atoms. The highest BCUT2D eigenvalue weighted by Gasteiger charge is 2.39.